The fourth-order valence-corrected chi connectivity index (χ4v) is 3.15. The second-order valence-corrected chi connectivity index (χ2v) is 6.42. The van der Waals surface area contributed by atoms with Crippen LogP contribution in [-0.4, -0.2) is 22.0 Å². The minimum Gasteiger partial charge on any atom is -0.508 e. The maximum absolute atomic E-state index is 11.5. The molecule has 0 saturated carbocycles. The summed E-state index contributed by atoms with van der Waals surface area (Å²) in [5.41, 5.74) is 1.85. The third kappa shape index (κ3) is 4.20. The highest BCUT2D eigenvalue weighted by Crippen LogP contribution is 2.36. The van der Waals surface area contributed by atoms with Crippen LogP contribution < -0.4 is 0 Å². The molecule has 2 aromatic carbocycles. The SMILES string of the molecule is CC(N=Nc1ccc(O)cc1)=Nc1cc(-c2ccccc2)sc1C(=O)O. The van der Waals surface area contributed by atoms with E-state index < -0.39 is 5.97 Å². The van der Waals surface area contributed by atoms with Gasteiger partial charge in [-0.3, -0.25) is 0 Å². The van der Waals surface area contributed by atoms with E-state index in [1.54, 1.807) is 25.1 Å². The zero-order valence-electron chi connectivity index (χ0n) is 13.8. The van der Waals surface area contributed by atoms with Crippen LogP contribution in [0.4, 0.5) is 11.4 Å². The van der Waals surface area contributed by atoms with E-state index in [4.69, 9.17) is 0 Å². The zero-order chi connectivity index (χ0) is 18.5. The van der Waals surface area contributed by atoms with E-state index in [0.29, 0.717) is 17.2 Å². The Bertz CT molecular complexity index is 977. The molecule has 0 radical (unpaired) electrons. The Labute approximate surface area is 153 Å². The van der Waals surface area contributed by atoms with Crippen LogP contribution in [0, 0.1) is 0 Å². The van der Waals surface area contributed by atoms with Crippen molar-refractivity contribution in [2.75, 3.05) is 0 Å². The first-order valence-corrected chi connectivity index (χ1v) is 8.53. The number of thiophene rings is 1. The monoisotopic (exact) mass is 365 g/mol. The second kappa shape index (κ2) is 7.71. The number of phenolic OH excluding ortho intramolecular Hbond substituents is 1. The quantitative estimate of drug-likeness (QED) is 0.355. The molecule has 1 aromatic heterocycles. The van der Waals surface area contributed by atoms with Gasteiger partial charge in [0.15, 0.2) is 0 Å². The van der Waals surface area contributed by atoms with Crippen LogP contribution in [0.2, 0.25) is 0 Å². The number of hydrogen-bond acceptors (Lipinski definition) is 5. The molecule has 0 aliphatic carbocycles. The van der Waals surface area contributed by atoms with Crippen molar-refractivity contribution < 1.29 is 15.0 Å². The summed E-state index contributed by atoms with van der Waals surface area (Å²) in [5.74, 6) is -0.552. The third-order valence-electron chi connectivity index (χ3n) is 3.41. The van der Waals surface area contributed by atoms with Gasteiger partial charge in [-0.05, 0) is 42.8 Å². The second-order valence-electron chi connectivity index (χ2n) is 5.37. The Balaban J connectivity index is 1.89. The molecule has 26 heavy (non-hydrogen) atoms. The minimum atomic E-state index is -1.03. The predicted octanol–water partition coefficient (Wildman–Crippen LogP) is 5.65. The normalized spacial score (nSPS) is 11.8. The van der Waals surface area contributed by atoms with Crippen LogP contribution in [0.25, 0.3) is 10.4 Å². The van der Waals surface area contributed by atoms with Crippen LogP contribution in [0.15, 0.2) is 75.9 Å². The predicted molar refractivity (Wildman–Crippen MR) is 102 cm³/mol. The number of rotatable bonds is 4. The number of carbonyl (C=O) groups is 1. The Kier molecular flexibility index (Phi) is 5.19. The Hall–Kier alpha value is -3.32. The van der Waals surface area contributed by atoms with E-state index in [-0.39, 0.29) is 10.6 Å². The molecule has 0 bridgehead atoms. The van der Waals surface area contributed by atoms with Crippen molar-refractivity contribution in [3.05, 3.63) is 65.5 Å². The van der Waals surface area contributed by atoms with Gasteiger partial charge in [0.2, 0.25) is 0 Å². The van der Waals surface area contributed by atoms with Crippen LogP contribution in [-0.2, 0) is 0 Å². The van der Waals surface area contributed by atoms with Crippen molar-refractivity contribution in [1.29, 1.82) is 0 Å². The molecule has 0 fully saturated rings. The lowest BCUT2D eigenvalue weighted by molar-refractivity contribution is 0.0703. The molecular weight excluding hydrogens is 350 g/mol. The van der Waals surface area contributed by atoms with Crippen molar-refractivity contribution in [2.24, 2.45) is 15.2 Å². The van der Waals surface area contributed by atoms with Gasteiger partial charge in [0.05, 0.1) is 11.4 Å². The first kappa shape index (κ1) is 17.5. The van der Waals surface area contributed by atoms with Crippen LogP contribution in [0.5, 0.6) is 5.75 Å². The summed E-state index contributed by atoms with van der Waals surface area (Å²) in [6.45, 7) is 1.65. The van der Waals surface area contributed by atoms with Gasteiger partial charge in [0.25, 0.3) is 0 Å². The van der Waals surface area contributed by atoms with Crippen LogP contribution >= 0.6 is 11.3 Å². The molecule has 0 aliphatic heterocycles. The maximum Gasteiger partial charge on any atom is 0.348 e. The van der Waals surface area contributed by atoms with E-state index in [9.17, 15) is 15.0 Å². The average Bonchev–Trinajstić information content (AvgIpc) is 3.06. The molecular formula is C19H15N3O3S. The van der Waals surface area contributed by atoms with Gasteiger partial charge in [0, 0.05) is 4.88 Å². The molecule has 0 unspecified atom stereocenters. The zero-order valence-corrected chi connectivity index (χ0v) is 14.6. The molecule has 0 atom stereocenters. The molecule has 0 amide bonds. The fourth-order valence-electron chi connectivity index (χ4n) is 2.21. The number of azo groups is 1. The lowest BCUT2D eigenvalue weighted by Gasteiger charge is -1.95. The van der Waals surface area contributed by atoms with Crippen LogP contribution in [0.3, 0.4) is 0 Å². The summed E-state index contributed by atoms with van der Waals surface area (Å²) in [5, 5.41) is 26.7. The number of nitrogens with zero attached hydrogens (tertiary/aromatic N) is 3. The summed E-state index contributed by atoms with van der Waals surface area (Å²) in [7, 11) is 0. The molecule has 6 nitrogen and oxygen atoms in total. The van der Waals surface area contributed by atoms with Crippen LogP contribution in [0.1, 0.15) is 16.6 Å². The van der Waals surface area contributed by atoms with E-state index >= 15 is 0 Å². The number of carboxylic acids is 1. The summed E-state index contributed by atoms with van der Waals surface area (Å²) >= 11 is 1.17. The van der Waals surface area contributed by atoms with Crippen molar-refractivity contribution in [1.82, 2.24) is 0 Å². The van der Waals surface area contributed by atoms with Gasteiger partial charge in [-0.15, -0.1) is 21.6 Å². The molecule has 3 rings (SSSR count). The van der Waals surface area contributed by atoms with Gasteiger partial charge >= 0.3 is 5.97 Å². The van der Waals surface area contributed by atoms with Crippen molar-refractivity contribution in [3.8, 4) is 16.2 Å². The van der Waals surface area contributed by atoms with Gasteiger partial charge in [-0.1, -0.05) is 30.3 Å². The Morgan fingerprint density at radius 1 is 1.04 bits per heavy atom. The average molecular weight is 365 g/mol. The molecule has 7 heteroatoms. The molecule has 130 valence electrons. The summed E-state index contributed by atoms with van der Waals surface area (Å²) in [6, 6.07) is 17.5. The lowest BCUT2D eigenvalue weighted by Crippen LogP contribution is -1.92. The molecule has 0 spiro atoms. The van der Waals surface area contributed by atoms with Gasteiger partial charge in [0.1, 0.15) is 16.5 Å². The highest BCUT2D eigenvalue weighted by Gasteiger charge is 2.16. The van der Waals surface area contributed by atoms with E-state index in [1.807, 2.05) is 30.3 Å². The summed E-state index contributed by atoms with van der Waals surface area (Å²) < 4.78 is 0. The number of aliphatic imine (C=N–C) groups is 1. The standard InChI is InChI=1S/C19H15N3O3S/c1-12(21-22-14-7-9-15(23)10-8-14)20-16-11-17(26-18(16)19(24)25)13-5-3-2-4-6-13/h2-11,23H,1H3,(H,24,25). The lowest BCUT2D eigenvalue weighted by atomic mass is 10.2. The number of phenols is 1. The van der Waals surface area contributed by atoms with Crippen molar-refractivity contribution in [2.45, 2.75) is 6.92 Å². The number of aromatic hydroxyl groups is 1. The maximum atomic E-state index is 11.5. The van der Waals surface area contributed by atoms with E-state index in [2.05, 4.69) is 15.2 Å². The largest absolute Gasteiger partial charge is 0.508 e. The van der Waals surface area contributed by atoms with Gasteiger partial charge < -0.3 is 10.2 Å². The van der Waals surface area contributed by atoms with Gasteiger partial charge in [-0.25, -0.2) is 9.79 Å². The number of aromatic carboxylic acids is 1. The number of amidine groups is 1. The number of carboxylic acid groups (broad SMARTS) is 1. The molecule has 2 N–H and O–H groups in total. The number of benzene rings is 2. The van der Waals surface area contributed by atoms with E-state index in [1.165, 1.54) is 23.5 Å². The first-order chi connectivity index (χ1) is 12.5. The molecule has 3 aromatic rings. The molecule has 1 heterocycles. The topological polar surface area (TPSA) is 94.6 Å². The molecule has 0 saturated heterocycles. The Morgan fingerprint density at radius 2 is 1.73 bits per heavy atom. The highest BCUT2D eigenvalue weighted by atomic mass is 32.1. The van der Waals surface area contributed by atoms with E-state index in [0.717, 1.165) is 10.4 Å². The first-order valence-electron chi connectivity index (χ1n) is 7.71. The van der Waals surface area contributed by atoms with Crippen molar-refractivity contribution >= 4 is 34.5 Å². The Morgan fingerprint density at radius 3 is 2.38 bits per heavy atom. The van der Waals surface area contributed by atoms with Crippen molar-refractivity contribution in [3.63, 3.8) is 0 Å². The summed E-state index contributed by atoms with van der Waals surface area (Å²) in [6.07, 6.45) is 0. The molecule has 0 aliphatic rings. The third-order valence-corrected chi connectivity index (χ3v) is 4.57. The summed E-state index contributed by atoms with van der Waals surface area (Å²) in [4.78, 5) is 16.8. The highest BCUT2D eigenvalue weighted by molar-refractivity contribution is 7.17. The number of hydrogen-bond donors (Lipinski definition) is 2. The van der Waals surface area contributed by atoms with Gasteiger partial charge in [-0.2, -0.15) is 0 Å². The smallest absolute Gasteiger partial charge is 0.348 e. The fraction of sp³-hybridized carbons (Fsp3) is 0.0526. The minimum absolute atomic E-state index is 0.146.